The lowest BCUT2D eigenvalue weighted by Crippen LogP contribution is -2.47. The largest absolute Gasteiger partial charge is 0.497 e. The van der Waals surface area contributed by atoms with Crippen LogP contribution in [-0.2, 0) is 7.05 Å². The molecule has 0 saturated carbocycles. The Morgan fingerprint density at radius 2 is 2.44 bits per heavy atom. The van der Waals surface area contributed by atoms with Crippen LogP contribution in [0.25, 0.3) is 0 Å². The molecule has 0 amide bonds. The molecule has 1 aromatic heterocycles. The van der Waals surface area contributed by atoms with Crippen LogP contribution in [0.5, 0.6) is 0 Å². The monoisotopic (exact) mass is 127 g/mol. The Labute approximate surface area is 51.9 Å². The van der Waals surface area contributed by atoms with Gasteiger partial charge >= 0.3 is 5.69 Å². The molecular weight excluding hydrogens is 119 g/mol. The van der Waals surface area contributed by atoms with Crippen molar-refractivity contribution in [2.75, 3.05) is 5.73 Å². The standard InChI is InChI=1S/C5H7N3O/c1-8-3-2-4(6)7-5(8)9/h2-3H,1H3,(H2,6,7,9)/p+1/i6+1. The van der Waals surface area contributed by atoms with Gasteiger partial charge in [0.2, 0.25) is 0 Å². The van der Waals surface area contributed by atoms with Crippen molar-refractivity contribution in [1.82, 2.24) is 4.98 Å². The first kappa shape index (κ1) is 5.81. The van der Waals surface area contributed by atoms with Gasteiger partial charge in [0.1, 0.15) is 0 Å². The third-order valence-electron chi connectivity index (χ3n) is 1.05. The van der Waals surface area contributed by atoms with E-state index in [-0.39, 0.29) is 5.69 Å². The summed E-state index contributed by atoms with van der Waals surface area (Å²) in [5.41, 5.74) is 5.06. The van der Waals surface area contributed by atoms with Gasteiger partial charge in [0, 0.05) is 6.07 Å². The number of nitrogens with one attached hydrogen (secondary N) is 1. The lowest BCUT2D eigenvalue weighted by Gasteiger charge is -1.85. The smallest absolute Gasteiger partial charge is 0.366 e. The van der Waals surface area contributed by atoms with E-state index in [2.05, 4.69) is 4.98 Å². The lowest BCUT2D eigenvalue weighted by molar-refractivity contribution is -0.689. The second-order valence-electron chi connectivity index (χ2n) is 1.81. The normalized spacial score (nSPS) is 9.44. The highest BCUT2D eigenvalue weighted by Crippen LogP contribution is 1.81. The Hall–Kier alpha value is -1.32. The van der Waals surface area contributed by atoms with Crippen LogP contribution in [-0.4, -0.2) is 4.98 Å². The molecule has 0 unspecified atom stereocenters. The molecule has 0 aliphatic carbocycles. The van der Waals surface area contributed by atoms with E-state index in [1.165, 1.54) is 4.57 Å². The number of aromatic amines is 1. The quantitative estimate of drug-likeness (QED) is 0.339. The minimum atomic E-state index is -0.199. The average Bonchev–Trinajstić information content (AvgIpc) is 1.80. The molecule has 1 rings (SSSR count). The molecule has 0 saturated heterocycles. The minimum Gasteiger partial charge on any atom is -0.366 e. The summed E-state index contributed by atoms with van der Waals surface area (Å²) in [5, 5.41) is 0. The van der Waals surface area contributed by atoms with Crippen LogP contribution >= 0.6 is 0 Å². The molecule has 4 nitrogen and oxygen atoms in total. The first-order chi connectivity index (χ1) is 4.20. The molecule has 4 heteroatoms. The van der Waals surface area contributed by atoms with E-state index in [9.17, 15) is 4.79 Å². The number of H-pyrrole nitrogens is 1. The van der Waals surface area contributed by atoms with Crippen LogP contribution in [0.1, 0.15) is 0 Å². The van der Waals surface area contributed by atoms with Gasteiger partial charge in [-0.2, -0.15) is 9.78 Å². The Morgan fingerprint density at radius 3 is 2.89 bits per heavy atom. The Bertz CT molecular complexity index is 265. The maximum atomic E-state index is 10.7. The molecule has 0 bridgehead atoms. The van der Waals surface area contributed by atoms with E-state index >= 15 is 0 Å². The van der Waals surface area contributed by atoms with Gasteiger partial charge in [-0.15, -0.1) is 0 Å². The second-order valence-corrected chi connectivity index (χ2v) is 1.81. The van der Waals surface area contributed by atoms with Crippen molar-refractivity contribution >= 4 is 5.82 Å². The predicted molar refractivity (Wildman–Crippen MR) is 32.7 cm³/mol. The van der Waals surface area contributed by atoms with Crippen molar-refractivity contribution < 1.29 is 4.57 Å². The number of hydrogen-bond acceptors (Lipinski definition) is 2. The van der Waals surface area contributed by atoms with Crippen molar-refractivity contribution in [3.63, 3.8) is 0 Å². The molecule has 0 atom stereocenters. The fourth-order valence-electron chi connectivity index (χ4n) is 0.513. The van der Waals surface area contributed by atoms with Gasteiger partial charge in [-0.25, -0.2) is 4.57 Å². The molecule has 3 N–H and O–H groups in total. The maximum absolute atomic E-state index is 10.7. The third-order valence-corrected chi connectivity index (χ3v) is 1.05. The van der Waals surface area contributed by atoms with Gasteiger partial charge in [0.05, 0.1) is 13.2 Å². The van der Waals surface area contributed by atoms with Crippen molar-refractivity contribution in [3.8, 4) is 0 Å². The van der Waals surface area contributed by atoms with Crippen LogP contribution < -0.4 is 16.0 Å². The molecule has 0 radical (unpaired) electrons. The molecule has 1 heterocycles. The summed E-state index contributed by atoms with van der Waals surface area (Å²) >= 11 is 0. The van der Waals surface area contributed by atoms with Crippen LogP contribution in [0.4, 0.5) is 5.82 Å². The van der Waals surface area contributed by atoms with E-state index < -0.39 is 0 Å². The van der Waals surface area contributed by atoms with Crippen LogP contribution in [0.3, 0.4) is 0 Å². The van der Waals surface area contributed by atoms with Gasteiger partial charge in [0.15, 0.2) is 5.82 Å². The molecule has 0 aromatic carbocycles. The number of hydrogen-bond donors (Lipinski definition) is 2. The van der Waals surface area contributed by atoms with Crippen molar-refractivity contribution in [2.45, 2.75) is 0 Å². The van der Waals surface area contributed by atoms with Crippen LogP contribution in [0.2, 0.25) is 0 Å². The van der Waals surface area contributed by atoms with Crippen LogP contribution in [0.15, 0.2) is 17.1 Å². The van der Waals surface area contributed by atoms with Gasteiger partial charge < -0.3 is 5.73 Å². The number of aryl methyl sites for hydroxylation is 1. The molecule has 1 aromatic rings. The number of anilines is 1. The highest BCUT2D eigenvalue weighted by molar-refractivity contribution is 5.21. The van der Waals surface area contributed by atoms with Gasteiger partial charge in [0.25, 0.3) is 0 Å². The summed E-state index contributed by atoms with van der Waals surface area (Å²) in [6.45, 7) is 0. The van der Waals surface area contributed by atoms with Crippen molar-refractivity contribution in [3.05, 3.63) is 22.7 Å². The number of nitrogen functional groups attached to an aromatic ring is 1. The third kappa shape index (κ3) is 1.07. The summed E-state index contributed by atoms with van der Waals surface area (Å²) in [7, 11) is 1.65. The molecule has 0 aliphatic rings. The zero-order valence-corrected chi connectivity index (χ0v) is 5.09. The van der Waals surface area contributed by atoms with Crippen LogP contribution in [0, 0.1) is 0 Å². The molecule has 9 heavy (non-hydrogen) atoms. The first-order valence-electron chi connectivity index (χ1n) is 2.54. The molecular formula is C5H8N3O+. The Balaban J connectivity index is 3.34. The minimum absolute atomic E-state index is 0.199. The van der Waals surface area contributed by atoms with E-state index in [0.29, 0.717) is 5.82 Å². The second kappa shape index (κ2) is 1.89. The number of aromatic nitrogens is 2. The summed E-state index contributed by atoms with van der Waals surface area (Å²) in [5.74, 6) is 0.387. The van der Waals surface area contributed by atoms with Gasteiger partial charge in [-0.05, 0) is 0 Å². The molecule has 0 spiro atoms. The van der Waals surface area contributed by atoms with Crippen molar-refractivity contribution in [2.24, 2.45) is 7.05 Å². The first-order valence-corrected chi connectivity index (χ1v) is 2.54. The zero-order valence-electron chi connectivity index (χ0n) is 5.09. The fourth-order valence-corrected chi connectivity index (χ4v) is 0.513. The number of rotatable bonds is 0. The molecule has 0 aliphatic heterocycles. The van der Waals surface area contributed by atoms with Gasteiger partial charge in [-0.3, -0.25) is 0 Å². The number of nitrogens with two attached hydrogens (primary N) is 1. The molecule has 0 fully saturated rings. The van der Waals surface area contributed by atoms with Crippen molar-refractivity contribution in [1.29, 1.82) is 0 Å². The van der Waals surface area contributed by atoms with E-state index in [1.807, 2.05) is 0 Å². The highest BCUT2D eigenvalue weighted by Gasteiger charge is 1.96. The average molecular weight is 127 g/mol. The van der Waals surface area contributed by atoms with E-state index in [4.69, 9.17) is 5.73 Å². The fraction of sp³-hybridized carbons (Fsp3) is 0.200. The van der Waals surface area contributed by atoms with E-state index in [1.54, 1.807) is 19.3 Å². The summed E-state index contributed by atoms with van der Waals surface area (Å²) in [4.78, 5) is 13.1. The Morgan fingerprint density at radius 1 is 1.78 bits per heavy atom. The maximum Gasteiger partial charge on any atom is 0.497 e. The summed E-state index contributed by atoms with van der Waals surface area (Å²) in [6.07, 6.45) is 1.61. The Kier molecular flexibility index (Phi) is 1.22. The summed E-state index contributed by atoms with van der Waals surface area (Å²) in [6, 6.07) is 1.63. The predicted octanol–water partition coefficient (Wildman–Crippen LogP) is -1.22. The van der Waals surface area contributed by atoms with E-state index in [0.717, 1.165) is 0 Å². The zero-order chi connectivity index (χ0) is 6.85. The SMILES string of the molecule is C[n+]1ccc([15NH2])[nH]c1=O. The topological polar surface area (TPSA) is 62.8 Å². The number of nitrogens with zero attached hydrogens (tertiary/aromatic N) is 1. The molecule has 48 valence electrons. The van der Waals surface area contributed by atoms with Gasteiger partial charge in [-0.1, -0.05) is 0 Å². The lowest BCUT2D eigenvalue weighted by atomic mass is 10.6. The highest BCUT2D eigenvalue weighted by atomic mass is 16.1. The summed E-state index contributed by atoms with van der Waals surface area (Å²) < 4.78 is 1.41.